The first-order valence-electron chi connectivity index (χ1n) is 19.3. The van der Waals surface area contributed by atoms with Crippen molar-refractivity contribution in [2.24, 2.45) is 40.4 Å². The molecule has 0 radical (unpaired) electrons. The van der Waals surface area contributed by atoms with Crippen molar-refractivity contribution in [2.75, 3.05) is 33.4 Å². The smallest absolute Gasteiger partial charge is 0.159 e. The Morgan fingerprint density at radius 3 is 2.62 bits per heavy atom. The molecule has 8 aliphatic rings. The number of hydrogen-bond acceptors (Lipinski definition) is 8. The predicted molar refractivity (Wildman–Crippen MR) is 191 cm³/mol. The van der Waals surface area contributed by atoms with E-state index in [0.29, 0.717) is 19.4 Å². The van der Waals surface area contributed by atoms with Gasteiger partial charge in [0.05, 0.1) is 48.6 Å². The van der Waals surface area contributed by atoms with Gasteiger partial charge in [0.15, 0.2) is 5.78 Å². The topological polar surface area (TPSA) is 117 Å². The van der Waals surface area contributed by atoms with Crippen LogP contribution in [0.1, 0.15) is 90.5 Å². The fraction of sp³-hybridized carbons (Fsp3) is 0.738. The number of ketones is 1. The highest BCUT2D eigenvalue weighted by Gasteiger charge is 2.70. The lowest BCUT2D eigenvalue weighted by atomic mass is 9.45. The molecule has 274 valence electrons. The summed E-state index contributed by atoms with van der Waals surface area (Å²) in [5, 5.41) is 38.2. The van der Waals surface area contributed by atoms with Crippen LogP contribution in [0, 0.1) is 52.3 Å². The second kappa shape index (κ2) is 13.7. The minimum absolute atomic E-state index is 0.0203. The molecule has 0 unspecified atom stereocenters. The molecule has 4 N–H and O–H groups in total. The first-order valence-corrected chi connectivity index (χ1v) is 19.3. The number of fused-ring (bicyclic) bond motifs is 2. The molecule has 1 saturated heterocycles. The Labute approximate surface area is 298 Å². The van der Waals surface area contributed by atoms with Crippen LogP contribution in [0.3, 0.4) is 0 Å². The maximum atomic E-state index is 14.3. The van der Waals surface area contributed by atoms with E-state index in [1.165, 1.54) is 0 Å². The summed E-state index contributed by atoms with van der Waals surface area (Å²) in [6.07, 6.45) is 6.11. The molecule has 4 aliphatic heterocycles. The average molecular weight is 690 g/mol. The molecule has 50 heavy (non-hydrogen) atoms. The summed E-state index contributed by atoms with van der Waals surface area (Å²) < 4.78 is 20.0. The van der Waals surface area contributed by atoms with E-state index in [1.54, 1.807) is 6.92 Å². The number of carbonyl (C=O) groups excluding carboxylic acids is 1. The van der Waals surface area contributed by atoms with E-state index in [0.717, 1.165) is 56.2 Å². The molecule has 14 atom stereocenters. The SMILES string of the molecule is CNCC[C@@H]1[C@@H](C)[C@H](CO)O[C@@H]1[C@@H](O)[C@@](C)(O)[C@H]1CC[C@@]23OCC#C[C@@H](c4ccccc4)CO[C@H]4CC[C@@]5(C)[C@@H](C4)C(=O)C=C2[C@@H]5CC[C@]13C. The molecule has 4 aliphatic carbocycles. The normalized spacial score (nSPS) is 44.4. The lowest BCUT2D eigenvalue weighted by molar-refractivity contribution is -0.204. The fourth-order valence-corrected chi connectivity index (χ4v) is 11.9. The van der Waals surface area contributed by atoms with Crippen LogP contribution >= 0.6 is 0 Å². The standard InChI is InChI=1S/C42H59NO7/c1-26-30(16-20-43-5)37(50-35(26)24-44)38(46)41(4,47)36-15-19-42-32-23-34(45)33-22-29(13-17-39(33,2)31(32)14-18-40(36,42)3)48-25-28(12-9-21-49-42)27-10-7-6-8-11-27/h6-8,10-11,23,26,28-31,33,35-38,43-44,46-47H,13-22,24-25H2,1-5H3/t26-,28-,29+,30-,31+,33+,35+,36+,37+,38-,39-,40-,41+,42-/m1/s1. The number of carbonyl (C=O) groups is 1. The molecule has 0 aromatic heterocycles. The molecule has 1 aromatic carbocycles. The minimum atomic E-state index is -1.51. The van der Waals surface area contributed by atoms with Crippen LogP contribution in [0.5, 0.6) is 0 Å². The quantitative estimate of drug-likeness (QED) is 0.288. The van der Waals surface area contributed by atoms with E-state index in [9.17, 15) is 20.1 Å². The summed E-state index contributed by atoms with van der Waals surface area (Å²) in [5.41, 5.74) is -0.877. The second-order valence-electron chi connectivity index (χ2n) is 17.2. The van der Waals surface area contributed by atoms with Gasteiger partial charge < -0.3 is 34.8 Å². The van der Waals surface area contributed by atoms with Gasteiger partial charge in [0.25, 0.3) is 0 Å². The number of nitrogens with one attached hydrogen (secondary N) is 1. The molecule has 0 amide bonds. The van der Waals surface area contributed by atoms with Crippen molar-refractivity contribution >= 4 is 5.78 Å². The Balaban J connectivity index is 1.27. The predicted octanol–water partition coefficient (Wildman–Crippen LogP) is 4.80. The molecule has 4 heterocycles. The van der Waals surface area contributed by atoms with Crippen LogP contribution in [0.2, 0.25) is 0 Å². The maximum absolute atomic E-state index is 14.3. The highest BCUT2D eigenvalue weighted by atomic mass is 16.5. The molecule has 3 saturated carbocycles. The van der Waals surface area contributed by atoms with Gasteiger partial charge in [-0.05, 0) is 118 Å². The number of benzene rings is 1. The summed E-state index contributed by atoms with van der Waals surface area (Å²) in [7, 11) is 1.91. The largest absolute Gasteiger partial charge is 0.394 e. The zero-order chi connectivity index (χ0) is 35.5. The van der Waals surface area contributed by atoms with Gasteiger partial charge in [-0.1, -0.05) is 62.9 Å². The van der Waals surface area contributed by atoms with Crippen LogP contribution in [0.25, 0.3) is 0 Å². The summed E-state index contributed by atoms with van der Waals surface area (Å²) in [4.78, 5) is 14.3. The third-order valence-corrected chi connectivity index (χ3v) is 14.9. The molecule has 6 bridgehead atoms. The van der Waals surface area contributed by atoms with Crippen LogP contribution in [-0.4, -0.2) is 90.1 Å². The minimum Gasteiger partial charge on any atom is -0.394 e. The van der Waals surface area contributed by atoms with Gasteiger partial charge in [0, 0.05) is 11.3 Å². The van der Waals surface area contributed by atoms with Crippen LogP contribution in [0.15, 0.2) is 42.0 Å². The van der Waals surface area contributed by atoms with Crippen LogP contribution in [0.4, 0.5) is 0 Å². The molecule has 1 aromatic rings. The maximum Gasteiger partial charge on any atom is 0.159 e. The van der Waals surface area contributed by atoms with Crippen molar-refractivity contribution in [3.63, 3.8) is 0 Å². The molecular formula is C42H59NO7. The highest BCUT2D eigenvalue weighted by Crippen LogP contribution is 2.70. The molecule has 1 spiro atoms. The van der Waals surface area contributed by atoms with Gasteiger partial charge >= 0.3 is 0 Å². The van der Waals surface area contributed by atoms with Gasteiger partial charge in [0.1, 0.15) is 12.7 Å². The van der Waals surface area contributed by atoms with Crippen molar-refractivity contribution in [3.05, 3.63) is 47.5 Å². The van der Waals surface area contributed by atoms with Crippen molar-refractivity contribution in [3.8, 4) is 11.8 Å². The monoisotopic (exact) mass is 689 g/mol. The molecule has 9 rings (SSSR count). The number of rotatable bonds is 8. The molecule has 4 fully saturated rings. The highest BCUT2D eigenvalue weighted by molar-refractivity contribution is 5.95. The third kappa shape index (κ3) is 5.66. The lowest BCUT2D eigenvalue weighted by Gasteiger charge is -2.61. The van der Waals surface area contributed by atoms with Gasteiger partial charge in [-0.25, -0.2) is 0 Å². The average Bonchev–Trinajstić information content (AvgIpc) is 3.60. The van der Waals surface area contributed by atoms with E-state index in [2.05, 4.69) is 50.1 Å². The Hall–Kier alpha value is -2.09. The summed E-state index contributed by atoms with van der Waals surface area (Å²) in [6.45, 7) is 9.71. The molecule has 8 nitrogen and oxygen atoms in total. The van der Waals surface area contributed by atoms with Gasteiger partial charge in [-0.2, -0.15) is 0 Å². The Morgan fingerprint density at radius 2 is 1.88 bits per heavy atom. The first kappa shape index (κ1) is 36.3. The Bertz CT molecular complexity index is 1500. The van der Waals surface area contributed by atoms with Crippen LogP contribution in [-0.2, 0) is 19.0 Å². The third-order valence-electron chi connectivity index (χ3n) is 14.9. The Kier molecular flexibility index (Phi) is 9.95. The van der Waals surface area contributed by atoms with Crippen molar-refractivity contribution < 1.29 is 34.3 Å². The first-order chi connectivity index (χ1) is 23.9. The van der Waals surface area contributed by atoms with Gasteiger partial charge in [-0.3, -0.25) is 4.79 Å². The summed E-state index contributed by atoms with van der Waals surface area (Å²) >= 11 is 0. The summed E-state index contributed by atoms with van der Waals surface area (Å²) in [5.74, 6) is 6.72. The van der Waals surface area contributed by atoms with Gasteiger partial charge in [0.2, 0.25) is 0 Å². The summed E-state index contributed by atoms with van der Waals surface area (Å²) in [6, 6.07) is 10.3. The van der Waals surface area contributed by atoms with E-state index >= 15 is 0 Å². The Morgan fingerprint density at radius 1 is 1.10 bits per heavy atom. The lowest BCUT2D eigenvalue weighted by Crippen LogP contribution is -2.64. The number of hydrogen-bond donors (Lipinski definition) is 4. The second-order valence-corrected chi connectivity index (χ2v) is 17.2. The van der Waals surface area contributed by atoms with Crippen LogP contribution < -0.4 is 5.32 Å². The number of aliphatic hydroxyl groups is 3. The van der Waals surface area contributed by atoms with E-state index < -0.39 is 28.8 Å². The zero-order valence-corrected chi connectivity index (χ0v) is 30.7. The number of ether oxygens (including phenoxy) is 3. The van der Waals surface area contributed by atoms with E-state index in [1.807, 2.05) is 31.3 Å². The van der Waals surface area contributed by atoms with E-state index in [-0.39, 0.29) is 72.1 Å². The van der Waals surface area contributed by atoms with Crippen molar-refractivity contribution in [1.29, 1.82) is 0 Å². The molecule has 8 heteroatoms. The molecular weight excluding hydrogens is 630 g/mol. The van der Waals surface area contributed by atoms with E-state index in [4.69, 9.17) is 14.2 Å². The zero-order valence-electron chi connectivity index (χ0n) is 30.7. The van der Waals surface area contributed by atoms with Crippen molar-refractivity contribution in [2.45, 2.75) is 121 Å². The number of allylic oxidation sites excluding steroid dienone is 1. The fourth-order valence-electron chi connectivity index (χ4n) is 11.9. The van der Waals surface area contributed by atoms with Gasteiger partial charge in [-0.15, -0.1) is 0 Å². The van der Waals surface area contributed by atoms with Crippen molar-refractivity contribution in [1.82, 2.24) is 5.32 Å². The number of aliphatic hydroxyl groups excluding tert-OH is 2.